The van der Waals surface area contributed by atoms with E-state index < -0.39 is 0 Å². The maximum Gasteiger partial charge on any atom is 0.127 e. The third-order valence-corrected chi connectivity index (χ3v) is 5.14. The van der Waals surface area contributed by atoms with Crippen molar-refractivity contribution in [2.24, 2.45) is 11.8 Å². The molecule has 1 fully saturated rings. The Hall–Kier alpha value is -1.18. The first-order chi connectivity index (χ1) is 8.66. The zero-order chi connectivity index (χ0) is 12.8. The van der Waals surface area contributed by atoms with Crippen LogP contribution in [0.1, 0.15) is 43.7 Å². The molecule has 3 atom stereocenters. The van der Waals surface area contributed by atoms with Crippen molar-refractivity contribution < 1.29 is 9.18 Å². The number of carbonyl (C=O) groups excluding carboxylic acids is 1. The van der Waals surface area contributed by atoms with Crippen LogP contribution in [-0.2, 0) is 16.6 Å². The van der Waals surface area contributed by atoms with E-state index in [0.717, 1.165) is 49.5 Å². The zero-order valence-corrected chi connectivity index (χ0v) is 10.8. The SMILES string of the molecule is C[C@@]12CCC[C@H](C=O)[C@H]1CCc1cccc(F)c12. The molecular formula is C16H19FO. The third kappa shape index (κ3) is 1.54. The van der Waals surface area contributed by atoms with Gasteiger partial charge in [-0.15, -0.1) is 0 Å². The summed E-state index contributed by atoms with van der Waals surface area (Å²) in [6.45, 7) is 2.16. The van der Waals surface area contributed by atoms with Gasteiger partial charge in [0, 0.05) is 5.92 Å². The van der Waals surface area contributed by atoms with Crippen LogP contribution in [0, 0.1) is 17.7 Å². The molecule has 2 aliphatic carbocycles. The van der Waals surface area contributed by atoms with E-state index >= 15 is 0 Å². The smallest absolute Gasteiger partial charge is 0.127 e. The number of aryl methyl sites for hydroxylation is 1. The normalized spacial score (nSPS) is 34.6. The molecule has 96 valence electrons. The molecule has 0 heterocycles. The van der Waals surface area contributed by atoms with Crippen LogP contribution < -0.4 is 0 Å². The molecule has 0 spiro atoms. The molecule has 0 saturated heterocycles. The van der Waals surface area contributed by atoms with E-state index in [-0.39, 0.29) is 17.2 Å². The van der Waals surface area contributed by atoms with Crippen LogP contribution >= 0.6 is 0 Å². The summed E-state index contributed by atoms with van der Waals surface area (Å²) in [6, 6.07) is 5.42. The molecular weight excluding hydrogens is 227 g/mol. The largest absolute Gasteiger partial charge is 0.303 e. The van der Waals surface area contributed by atoms with Gasteiger partial charge in [0.1, 0.15) is 12.1 Å². The fourth-order valence-corrected chi connectivity index (χ4v) is 4.30. The highest BCUT2D eigenvalue weighted by Gasteiger charge is 2.47. The van der Waals surface area contributed by atoms with Gasteiger partial charge in [0.25, 0.3) is 0 Å². The van der Waals surface area contributed by atoms with Crippen molar-refractivity contribution in [1.82, 2.24) is 0 Å². The predicted octanol–water partition coefficient (Wildman–Crippen LogP) is 3.64. The van der Waals surface area contributed by atoms with Crippen molar-refractivity contribution in [2.45, 2.75) is 44.4 Å². The summed E-state index contributed by atoms with van der Waals surface area (Å²) in [4.78, 5) is 11.3. The van der Waals surface area contributed by atoms with Crippen molar-refractivity contribution in [3.63, 3.8) is 0 Å². The standard InChI is InChI=1S/C16H19FO/c1-16-9-3-5-12(10-18)13(16)8-7-11-4-2-6-14(17)15(11)16/h2,4,6,10,12-13H,3,5,7-9H2,1H3/t12-,13-,16-/m1/s1. The average Bonchev–Trinajstić information content (AvgIpc) is 2.37. The first kappa shape index (κ1) is 11.9. The second kappa shape index (κ2) is 4.18. The highest BCUT2D eigenvalue weighted by molar-refractivity contribution is 5.56. The van der Waals surface area contributed by atoms with E-state index in [4.69, 9.17) is 0 Å². The quantitative estimate of drug-likeness (QED) is 0.691. The van der Waals surface area contributed by atoms with Gasteiger partial charge in [-0.05, 0) is 54.2 Å². The van der Waals surface area contributed by atoms with Gasteiger partial charge in [0.2, 0.25) is 0 Å². The summed E-state index contributed by atoms with van der Waals surface area (Å²) in [6.07, 6.45) is 6.07. The molecule has 0 radical (unpaired) electrons. The molecule has 1 nitrogen and oxygen atoms in total. The van der Waals surface area contributed by atoms with Crippen molar-refractivity contribution in [3.05, 3.63) is 35.1 Å². The fraction of sp³-hybridized carbons (Fsp3) is 0.562. The van der Waals surface area contributed by atoms with Gasteiger partial charge >= 0.3 is 0 Å². The number of benzene rings is 1. The maximum absolute atomic E-state index is 14.2. The van der Waals surface area contributed by atoms with Gasteiger partial charge in [-0.1, -0.05) is 25.5 Å². The fourth-order valence-electron chi connectivity index (χ4n) is 4.30. The van der Waals surface area contributed by atoms with Gasteiger partial charge in [-0.25, -0.2) is 4.39 Å². The summed E-state index contributed by atoms with van der Waals surface area (Å²) in [7, 11) is 0. The Bertz CT molecular complexity index is 482. The van der Waals surface area contributed by atoms with Crippen molar-refractivity contribution in [1.29, 1.82) is 0 Å². The highest BCUT2D eigenvalue weighted by atomic mass is 19.1. The number of hydrogen-bond acceptors (Lipinski definition) is 1. The van der Waals surface area contributed by atoms with E-state index in [2.05, 4.69) is 6.92 Å². The molecule has 1 saturated carbocycles. The Labute approximate surface area is 107 Å². The first-order valence-electron chi connectivity index (χ1n) is 6.90. The molecule has 0 aromatic heterocycles. The van der Waals surface area contributed by atoms with Crippen LogP contribution in [0.4, 0.5) is 4.39 Å². The number of halogens is 1. The van der Waals surface area contributed by atoms with Gasteiger partial charge in [0.05, 0.1) is 0 Å². The number of hydrogen-bond donors (Lipinski definition) is 0. The molecule has 2 aliphatic rings. The van der Waals surface area contributed by atoms with Crippen LogP contribution in [0.5, 0.6) is 0 Å². The molecule has 3 rings (SSSR count). The monoisotopic (exact) mass is 246 g/mol. The second-order valence-corrected chi connectivity index (χ2v) is 6.03. The molecule has 1 aromatic rings. The van der Waals surface area contributed by atoms with Crippen molar-refractivity contribution in [3.8, 4) is 0 Å². The zero-order valence-electron chi connectivity index (χ0n) is 10.8. The molecule has 0 aliphatic heterocycles. The number of carbonyl (C=O) groups is 1. The molecule has 0 unspecified atom stereocenters. The summed E-state index contributed by atoms with van der Waals surface area (Å²) < 4.78 is 14.2. The van der Waals surface area contributed by atoms with Crippen LogP contribution in [0.2, 0.25) is 0 Å². The molecule has 1 aromatic carbocycles. The predicted molar refractivity (Wildman–Crippen MR) is 69.0 cm³/mol. The van der Waals surface area contributed by atoms with E-state index in [0.29, 0.717) is 5.92 Å². The van der Waals surface area contributed by atoms with E-state index in [1.807, 2.05) is 6.07 Å². The minimum absolute atomic E-state index is 0.0775. The van der Waals surface area contributed by atoms with Gasteiger partial charge in [-0.2, -0.15) is 0 Å². The molecule has 0 N–H and O–H groups in total. The summed E-state index contributed by atoms with van der Waals surface area (Å²) in [5.74, 6) is 0.371. The van der Waals surface area contributed by atoms with Crippen LogP contribution in [0.15, 0.2) is 18.2 Å². The second-order valence-electron chi connectivity index (χ2n) is 6.03. The summed E-state index contributed by atoms with van der Waals surface area (Å²) in [5, 5.41) is 0. The number of aldehydes is 1. The van der Waals surface area contributed by atoms with Crippen LogP contribution in [0.25, 0.3) is 0 Å². The Morgan fingerprint density at radius 3 is 3.00 bits per heavy atom. The van der Waals surface area contributed by atoms with E-state index in [9.17, 15) is 9.18 Å². The minimum Gasteiger partial charge on any atom is -0.303 e. The van der Waals surface area contributed by atoms with Gasteiger partial charge < -0.3 is 4.79 Å². The molecule has 2 heteroatoms. The van der Waals surface area contributed by atoms with Crippen molar-refractivity contribution >= 4 is 6.29 Å². The Morgan fingerprint density at radius 1 is 1.39 bits per heavy atom. The Kier molecular flexibility index (Phi) is 2.76. The van der Waals surface area contributed by atoms with Gasteiger partial charge in [-0.3, -0.25) is 0 Å². The van der Waals surface area contributed by atoms with E-state index in [1.165, 1.54) is 0 Å². The van der Waals surface area contributed by atoms with Gasteiger partial charge in [0.15, 0.2) is 0 Å². The van der Waals surface area contributed by atoms with Crippen LogP contribution in [0.3, 0.4) is 0 Å². The minimum atomic E-state index is -0.136. The lowest BCUT2D eigenvalue weighted by molar-refractivity contribution is -0.115. The molecule has 18 heavy (non-hydrogen) atoms. The number of fused-ring (bicyclic) bond motifs is 3. The third-order valence-electron chi connectivity index (χ3n) is 5.14. The lowest BCUT2D eigenvalue weighted by atomic mass is 9.55. The number of rotatable bonds is 1. The lowest BCUT2D eigenvalue weighted by Crippen LogP contribution is -2.45. The average molecular weight is 246 g/mol. The summed E-state index contributed by atoms with van der Waals surface area (Å²) >= 11 is 0. The molecule has 0 bridgehead atoms. The Morgan fingerprint density at radius 2 is 2.22 bits per heavy atom. The van der Waals surface area contributed by atoms with Crippen LogP contribution in [-0.4, -0.2) is 6.29 Å². The molecule has 0 amide bonds. The lowest BCUT2D eigenvalue weighted by Gasteiger charge is -2.49. The first-order valence-corrected chi connectivity index (χ1v) is 6.90. The topological polar surface area (TPSA) is 17.1 Å². The van der Waals surface area contributed by atoms with Crippen molar-refractivity contribution in [2.75, 3.05) is 0 Å². The highest BCUT2D eigenvalue weighted by Crippen LogP contribution is 2.52. The van der Waals surface area contributed by atoms with E-state index in [1.54, 1.807) is 12.1 Å². The summed E-state index contributed by atoms with van der Waals surface area (Å²) in [5.41, 5.74) is 1.91. The Balaban J connectivity index is 2.13. The maximum atomic E-state index is 14.2.